The maximum absolute atomic E-state index is 12.8. The fourth-order valence-corrected chi connectivity index (χ4v) is 10.9. The van der Waals surface area contributed by atoms with Crippen molar-refractivity contribution in [2.75, 3.05) is 0 Å². The molecule has 0 atom stereocenters. The van der Waals surface area contributed by atoms with E-state index in [1.807, 2.05) is 73.1 Å². The molecule has 0 N–H and O–H groups in total. The molecule has 0 aliphatic heterocycles. The van der Waals surface area contributed by atoms with Crippen molar-refractivity contribution in [1.82, 2.24) is 24.5 Å². The van der Waals surface area contributed by atoms with Gasteiger partial charge >= 0.3 is 20.1 Å². The Hall–Kier alpha value is -8.52. The number of aromatic nitrogens is 5. The first kappa shape index (κ1) is 59.1. The first-order valence-electron chi connectivity index (χ1n) is 27.6. The molecule has 7 nitrogen and oxygen atoms in total. The first-order valence-corrected chi connectivity index (χ1v) is 31.1. The van der Waals surface area contributed by atoms with Gasteiger partial charge in [0.25, 0.3) is 0 Å². The van der Waals surface area contributed by atoms with E-state index in [0.717, 1.165) is 72.7 Å². The Morgan fingerprint density at radius 3 is 1.78 bits per heavy atom. The second kappa shape index (κ2) is 24.9. The molecule has 0 bridgehead atoms. The zero-order valence-electron chi connectivity index (χ0n) is 48.2. The monoisotopic (exact) mass is 1290 g/mol. The van der Waals surface area contributed by atoms with Crippen molar-refractivity contribution >= 4 is 46.4 Å². The maximum atomic E-state index is 12.8. The summed E-state index contributed by atoms with van der Waals surface area (Å²) < 4.78 is 34.5. The summed E-state index contributed by atoms with van der Waals surface area (Å²) in [5.74, 6) is 0.734. The second-order valence-electron chi connectivity index (χ2n) is 23.1. The summed E-state index contributed by atoms with van der Waals surface area (Å²) in [5.41, 5.74) is 16.8. The van der Waals surface area contributed by atoms with Gasteiger partial charge in [0.05, 0.1) is 47.8 Å². The van der Waals surface area contributed by atoms with E-state index in [1.165, 1.54) is 57.3 Å². The second-order valence-corrected chi connectivity index (χ2v) is 28.2. The van der Waals surface area contributed by atoms with Gasteiger partial charge in [-0.2, -0.15) is 5.26 Å². The predicted molar refractivity (Wildman–Crippen MR) is 333 cm³/mol. The van der Waals surface area contributed by atoms with Gasteiger partial charge in [0.15, 0.2) is 0 Å². The fraction of sp³-hybridized carbons (Fsp3) is 0.181. The Morgan fingerprint density at radius 2 is 1.22 bits per heavy atom. The molecule has 0 saturated heterocycles. The number of furan rings is 1. The van der Waals surface area contributed by atoms with Crippen LogP contribution in [0.4, 0.5) is 8.78 Å². The minimum Gasteiger partial charge on any atom is -0.486 e. The molecule has 0 saturated carbocycles. The van der Waals surface area contributed by atoms with Crippen LogP contribution in [0.5, 0.6) is 0 Å². The maximum Gasteiger partial charge on any atom is 3.00 e. The summed E-state index contributed by atoms with van der Waals surface area (Å²) in [6.45, 7) is 22.3. The predicted octanol–water partition coefficient (Wildman–Crippen LogP) is 18.5. The number of nitrogens with zero attached hydrogens (tertiary/aromatic N) is 6. The molecule has 7 aromatic carbocycles. The summed E-state index contributed by atoms with van der Waals surface area (Å²) in [6, 6.07) is 67.6. The van der Waals surface area contributed by atoms with Gasteiger partial charge in [0.2, 0.25) is 5.71 Å². The quantitative estimate of drug-likeness (QED) is 0.106. The third-order valence-electron chi connectivity index (χ3n) is 14.5. The van der Waals surface area contributed by atoms with Gasteiger partial charge in [-0.15, -0.1) is 77.9 Å². The third-order valence-corrected chi connectivity index (χ3v) is 16.5. The Balaban J connectivity index is 0.000000193. The average molecular weight is 1290 g/mol. The normalized spacial score (nSPS) is 11.5. The minimum absolute atomic E-state index is 0. The van der Waals surface area contributed by atoms with Crippen LogP contribution in [0.15, 0.2) is 193 Å². The van der Waals surface area contributed by atoms with Crippen LogP contribution in [-0.4, -0.2) is 32.6 Å². The van der Waals surface area contributed by atoms with Gasteiger partial charge in [-0.05, 0) is 110 Å². The van der Waals surface area contributed by atoms with E-state index in [-0.39, 0.29) is 49.0 Å². The molecule has 12 aromatic rings. The van der Waals surface area contributed by atoms with E-state index in [9.17, 15) is 14.0 Å². The van der Waals surface area contributed by atoms with Gasteiger partial charge in [-0.1, -0.05) is 158 Å². The van der Waals surface area contributed by atoms with Crippen LogP contribution < -0.4 is 5.19 Å². The van der Waals surface area contributed by atoms with Crippen LogP contribution in [0.2, 0.25) is 19.6 Å². The number of fused-ring (bicyclic) bond motifs is 4. The number of para-hydroxylation sites is 2. The van der Waals surface area contributed by atoms with E-state index in [4.69, 9.17) is 14.4 Å². The number of rotatable bonds is 9. The minimum atomic E-state index is -1.30. The fourth-order valence-electron chi connectivity index (χ4n) is 9.86. The molecular weight excluding hydrogens is 1220 g/mol. The number of halogens is 2. The standard InChI is InChI=1S/C43H33N4O.C15H15FN.C14H15FNSi.Ir/c1-26(2)35-23-31(29-13-6-5-7-14-29)24-36(27(3)4)40(35)47-39-19-9-8-18-38(39)45-42(47)34-17-11-16-32-33-20-21-37(46-43(33)48-41(32)34)30-15-10-12-28(22-30)25-44;1-15(2,3)12-6-9-14(17-10-12)11-4-7-13(16)8-5-11;1-17(2,3)13-8-9-14(16-10-13)11-4-6-12(15)7-5-11;/h5-16,18-24,26-27H,1-4H3;2*4,6-10H,1-3H3;/q3*-1;+3. The molecule has 0 radical (unpaired) electrons. The summed E-state index contributed by atoms with van der Waals surface area (Å²) in [5, 5.41) is 12.6. The van der Waals surface area contributed by atoms with Crippen LogP contribution in [0.25, 0.3) is 95.1 Å². The van der Waals surface area contributed by atoms with Crippen molar-refractivity contribution in [1.29, 1.82) is 5.26 Å². The Bertz CT molecular complexity index is 4120. The molecule has 0 fully saturated rings. The van der Waals surface area contributed by atoms with Crippen LogP contribution >= 0.6 is 0 Å². The van der Waals surface area contributed by atoms with E-state index < -0.39 is 8.07 Å². The summed E-state index contributed by atoms with van der Waals surface area (Å²) in [6.07, 6.45) is 3.80. The van der Waals surface area contributed by atoms with Crippen LogP contribution in [0.1, 0.15) is 82.6 Å². The Kier molecular flexibility index (Phi) is 17.7. The molecule has 0 amide bonds. The third kappa shape index (κ3) is 13.1. The molecule has 0 aliphatic carbocycles. The number of benzene rings is 7. The SMILES string of the molecule is CC(C)(C)c1ccc(-c2[c-]cc(F)cc2)nc1.CC(C)c1cc(-c2ccccc2)cc(C(C)C)c1-n1c(-c2[c-]ccc3c2oc2nc(-c4cccc(C#N)c4)ccc23)nc2ccccc21.C[Si](C)(C)c1ccc(-c2[c-]cc(F)cc2)nc1.[Ir+3]. The number of hydrogen-bond donors (Lipinski definition) is 0. The molecule has 12 rings (SSSR count). The van der Waals surface area contributed by atoms with Crippen molar-refractivity contribution in [3.8, 4) is 68.0 Å². The average Bonchev–Trinajstić information content (AvgIpc) is 2.43. The van der Waals surface area contributed by atoms with E-state index in [1.54, 1.807) is 18.2 Å². The zero-order chi connectivity index (χ0) is 57.9. The number of nitriles is 1. The summed E-state index contributed by atoms with van der Waals surface area (Å²) in [7, 11) is -1.30. The summed E-state index contributed by atoms with van der Waals surface area (Å²) >= 11 is 0. The smallest absolute Gasteiger partial charge is 0.486 e. The van der Waals surface area contributed by atoms with Crippen LogP contribution in [0.3, 0.4) is 0 Å². The molecule has 5 heterocycles. The largest absolute Gasteiger partial charge is 3.00 e. The van der Waals surface area contributed by atoms with Gasteiger partial charge < -0.3 is 19.0 Å². The van der Waals surface area contributed by atoms with Crippen LogP contribution in [-0.2, 0) is 25.5 Å². The topological polar surface area (TPSA) is 93.4 Å². The van der Waals surface area contributed by atoms with Crippen molar-refractivity contribution in [2.45, 2.75) is 85.4 Å². The van der Waals surface area contributed by atoms with Crippen molar-refractivity contribution in [3.05, 3.63) is 240 Å². The molecule has 5 aromatic heterocycles. The van der Waals surface area contributed by atoms with Crippen LogP contribution in [0, 0.1) is 41.2 Å². The molecule has 0 spiro atoms. The molecule has 0 aliphatic rings. The molecular formula is C72H63F2IrN6OSi. The molecule has 11 heteroatoms. The van der Waals surface area contributed by atoms with Crippen molar-refractivity contribution in [2.24, 2.45) is 0 Å². The van der Waals surface area contributed by atoms with E-state index >= 15 is 0 Å². The number of hydrogen-bond acceptors (Lipinski definition) is 6. The van der Waals surface area contributed by atoms with Gasteiger partial charge in [-0.25, -0.2) is 4.98 Å². The number of imidazole rings is 1. The van der Waals surface area contributed by atoms with Crippen molar-refractivity contribution < 1.29 is 33.3 Å². The number of pyridine rings is 3. The van der Waals surface area contributed by atoms with Gasteiger partial charge in [0, 0.05) is 40.7 Å². The Labute approximate surface area is 500 Å². The Morgan fingerprint density at radius 1 is 0.602 bits per heavy atom. The van der Waals surface area contributed by atoms with Crippen molar-refractivity contribution in [3.63, 3.8) is 0 Å². The van der Waals surface area contributed by atoms with E-state index in [2.05, 4.69) is 180 Å². The molecule has 414 valence electrons. The molecule has 83 heavy (non-hydrogen) atoms. The molecule has 0 unspecified atom stereocenters. The van der Waals surface area contributed by atoms with Gasteiger partial charge in [-0.3, -0.25) is 13.8 Å². The first-order chi connectivity index (χ1) is 39.3. The van der Waals surface area contributed by atoms with E-state index in [0.29, 0.717) is 16.9 Å². The summed E-state index contributed by atoms with van der Waals surface area (Å²) in [4.78, 5) is 19.0. The zero-order valence-corrected chi connectivity index (χ0v) is 51.6. The van der Waals surface area contributed by atoms with Gasteiger partial charge in [0.1, 0.15) is 0 Å².